The average Bonchev–Trinajstić information content (AvgIpc) is 2.50. The fourth-order valence-electron chi connectivity index (χ4n) is 3.15. The number of ketones is 1. The Balaban J connectivity index is 2.24. The van der Waals surface area contributed by atoms with Crippen molar-refractivity contribution in [3.63, 3.8) is 0 Å². The van der Waals surface area contributed by atoms with Gasteiger partial charge in [-0.2, -0.15) is 0 Å². The number of carbonyl (C=O) groups excluding carboxylic acids is 1. The van der Waals surface area contributed by atoms with Crippen molar-refractivity contribution in [2.75, 3.05) is 0 Å². The van der Waals surface area contributed by atoms with E-state index in [1.165, 1.54) is 34.3 Å². The summed E-state index contributed by atoms with van der Waals surface area (Å²) in [5.74, 6) is 0.282. The first-order chi connectivity index (χ1) is 8.66. The van der Waals surface area contributed by atoms with Crippen molar-refractivity contribution in [2.45, 2.75) is 39.5 Å². The predicted molar refractivity (Wildman–Crippen MR) is 74.4 cm³/mol. The molecule has 0 N–H and O–H groups in total. The molecular weight excluding hydrogens is 220 g/mol. The molecule has 0 saturated heterocycles. The van der Waals surface area contributed by atoms with Gasteiger partial charge in [-0.05, 0) is 66.5 Å². The molecule has 0 amide bonds. The molecule has 2 aliphatic rings. The molecule has 0 saturated carbocycles. The summed E-state index contributed by atoms with van der Waals surface area (Å²) < 4.78 is 0. The van der Waals surface area contributed by atoms with Gasteiger partial charge in [0, 0.05) is 6.42 Å². The summed E-state index contributed by atoms with van der Waals surface area (Å²) in [6.07, 6.45) is 6.13. The lowest BCUT2D eigenvalue weighted by Gasteiger charge is -2.19. The first kappa shape index (κ1) is 11.5. The summed E-state index contributed by atoms with van der Waals surface area (Å²) in [6.45, 7) is 4.10. The maximum atomic E-state index is 12.0. The van der Waals surface area contributed by atoms with Gasteiger partial charge >= 0.3 is 0 Å². The highest BCUT2D eigenvalue weighted by atomic mass is 16.1. The molecule has 1 heteroatoms. The molecule has 1 nitrogen and oxygen atoms in total. The van der Waals surface area contributed by atoms with E-state index in [4.69, 9.17) is 0 Å². The summed E-state index contributed by atoms with van der Waals surface area (Å²) in [5.41, 5.74) is 7.67. The fourth-order valence-corrected chi connectivity index (χ4v) is 3.15. The Morgan fingerprint density at radius 1 is 1.11 bits per heavy atom. The maximum absolute atomic E-state index is 12.0. The molecule has 0 fully saturated rings. The van der Waals surface area contributed by atoms with E-state index in [1.807, 2.05) is 6.92 Å². The number of allylic oxidation sites excluding steroid dienone is 4. The number of benzene rings is 1. The van der Waals surface area contributed by atoms with Crippen molar-refractivity contribution < 1.29 is 4.79 Å². The van der Waals surface area contributed by atoms with E-state index in [0.717, 1.165) is 18.4 Å². The van der Waals surface area contributed by atoms with Gasteiger partial charge in [0.2, 0.25) is 0 Å². The smallest absolute Gasteiger partial charge is 0.162 e. The minimum atomic E-state index is 0.282. The second kappa shape index (κ2) is 4.24. The van der Waals surface area contributed by atoms with Crippen molar-refractivity contribution in [1.29, 1.82) is 0 Å². The van der Waals surface area contributed by atoms with E-state index >= 15 is 0 Å². The number of aryl methyl sites for hydroxylation is 2. The van der Waals surface area contributed by atoms with Crippen LogP contribution in [0.3, 0.4) is 0 Å². The first-order valence-corrected chi connectivity index (χ1v) is 6.69. The standard InChI is InChI=1S/C17H18O/c1-11-5-3-6-13-7-4-8-14-9-12(2)16(18)10-15(14)17(11)13/h3,5-6,9H,4,7-8,10H2,1-2H3. The molecule has 0 unspecified atom stereocenters. The van der Waals surface area contributed by atoms with Gasteiger partial charge in [0.1, 0.15) is 0 Å². The minimum absolute atomic E-state index is 0.282. The van der Waals surface area contributed by atoms with E-state index in [1.54, 1.807) is 0 Å². The van der Waals surface area contributed by atoms with Crippen LogP contribution in [0, 0.1) is 6.92 Å². The fraction of sp³-hybridized carbons (Fsp3) is 0.353. The van der Waals surface area contributed by atoms with Gasteiger partial charge in [0.25, 0.3) is 0 Å². The van der Waals surface area contributed by atoms with Crippen LogP contribution in [0.2, 0.25) is 0 Å². The summed E-state index contributed by atoms with van der Waals surface area (Å²) in [6, 6.07) is 6.50. The zero-order chi connectivity index (χ0) is 12.7. The third kappa shape index (κ3) is 1.74. The lowest BCUT2D eigenvalue weighted by molar-refractivity contribution is -0.114. The second-order valence-electron chi connectivity index (χ2n) is 5.39. The summed E-state index contributed by atoms with van der Waals surface area (Å²) >= 11 is 0. The molecule has 1 aromatic rings. The van der Waals surface area contributed by atoms with Crippen LogP contribution in [0.4, 0.5) is 0 Å². The molecule has 1 aromatic carbocycles. The topological polar surface area (TPSA) is 17.1 Å². The SMILES string of the molecule is CC1=CC2=C(CC1=O)c1c(C)cccc1CCC2. The Morgan fingerprint density at radius 3 is 2.78 bits per heavy atom. The summed E-state index contributed by atoms with van der Waals surface area (Å²) in [7, 11) is 0. The van der Waals surface area contributed by atoms with Gasteiger partial charge in [-0.1, -0.05) is 24.3 Å². The third-order valence-electron chi connectivity index (χ3n) is 4.11. The van der Waals surface area contributed by atoms with Crippen molar-refractivity contribution in [3.8, 4) is 0 Å². The third-order valence-corrected chi connectivity index (χ3v) is 4.11. The number of hydrogen-bond donors (Lipinski definition) is 0. The Hall–Kier alpha value is -1.63. The Labute approximate surface area is 108 Å². The zero-order valence-corrected chi connectivity index (χ0v) is 11.0. The highest BCUT2D eigenvalue weighted by Crippen LogP contribution is 2.38. The molecule has 2 aliphatic carbocycles. The van der Waals surface area contributed by atoms with Gasteiger partial charge in [-0.25, -0.2) is 0 Å². The van der Waals surface area contributed by atoms with Crippen LogP contribution in [-0.4, -0.2) is 5.78 Å². The molecule has 92 valence electrons. The molecule has 0 radical (unpaired) electrons. The minimum Gasteiger partial charge on any atom is -0.294 e. The van der Waals surface area contributed by atoms with Crippen LogP contribution in [-0.2, 0) is 11.2 Å². The first-order valence-electron chi connectivity index (χ1n) is 6.69. The molecule has 0 aliphatic heterocycles. The van der Waals surface area contributed by atoms with E-state index in [-0.39, 0.29) is 5.78 Å². The van der Waals surface area contributed by atoms with Crippen molar-refractivity contribution in [3.05, 3.63) is 52.1 Å². The molecule has 0 aromatic heterocycles. The molecule has 0 bridgehead atoms. The second-order valence-corrected chi connectivity index (χ2v) is 5.39. The summed E-state index contributed by atoms with van der Waals surface area (Å²) in [4.78, 5) is 12.0. The van der Waals surface area contributed by atoms with E-state index in [2.05, 4.69) is 31.2 Å². The van der Waals surface area contributed by atoms with Crippen LogP contribution >= 0.6 is 0 Å². The van der Waals surface area contributed by atoms with Crippen molar-refractivity contribution in [2.24, 2.45) is 0 Å². The lowest BCUT2D eigenvalue weighted by atomic mass is 9.84. The van der Waals surface area contributed by atoms with Gasteiger partial charge in [0.15, 0.2) is 5.78 Å². The van der Waals surface area contributed by atoms with Crippen LogP contribution in [0.1, 0.15) is 42.9 Å². The monoisotopic (exact) mass is 238 g/mol. The number of rotatable bonds is 0. The molecule has 0 spiro atoms. The molecule has 0 heterocycles. The molecule has 3 rings (SSSR count). The van der Waals surface area contributed by atoms with Gasteiger partial charge in [-0.3, -0.25) is 4.79 Å². The largest absolute Gasteiger partial charge is 0.294 e. The van der Waals surface area contributed by atoms with Crippen LogP contribution in [0.25, 0.3) is 5.57 Å². The average molecular weight is 238 g/mol. The molecule has 18 heavy (non-hydrogen) atoms. The quantitative estimate of drug-likeness (QED) is 0.667. The number of fused-ring (bicyclic) bond motifs is 2. The Morgan fingerprint density at radius 2 is 1.94 bits per heavy atom. The molecule has 0 atom stereocenters. The maximum Gasteiger partial charge on any atom is 0.162 e. The number of hydrogen-bond acceptors (Lipinski definition) is 1. The van der Waals surface area contributed by atoms with Crippen LogP contribution < -0.4 is 0 Å². The van der Waals surface area contributed by atoms with Gasteiger partial charge in [0.05, 0.1) is 0 Å². The molecular formula is C17H18O. The van der Waals surface area contributed by atoms with Crippen LogP contribution in [0.15, 0.2) is 35.4 Å². The summed E-state index contributed by atoms with van der Waals surface area (Å²) in [5, 5.41) is 0. The van der Waals surface area contributed by atoms with Crippen LogP contribution in [0.5, 0.6) is 0 Å². The van der Waals surface area contributed by atoms with E-state index in [9.17, 15) is 4.79 Å². The normalized spacial score (nSPS) is 19.0. The van der Waals surface area contributed by atoms with Crippen molar-refractivity contribution in [1.82, 2.24) is 0 Å². The zero-order valence-electron chi connectivity index (χ0n) is 11.0. The Bertz CT molecular complexity index is 588. The predicted octanol–water partition coefficient (Wildman–Crippen LogP) is 4.00. The highest BCUT2D eigenvalue weighted by molar-refractivity contribution is 6.05. The Kier molecular flexibility index (Phi) is 2.70. The highest BCUT2D eigenvalue weighted by Gasteiger charge is 2.24. The van der Waals surface area contributed by atoms with Gasteiger partial charge < -0.3 is 0 Å². The lowest BCUT2D eigenvalue weighted by Crippen LogP contribution is -2.09. The number of carbonyl (C=O) groups is 1. The van der Waals surface area contributed by atoms with Gasteiger partial charge in [-0.15, -0.1) is 0 Å². The van der Waals surface area contributed by atoms with Crippen molar-refractivity contribution >= 4 is 11.4 Å². The number of Topliss-reactive ketones (excluding diaryl/α,β-unsaturated/α-hetero) is 1. The van der Waals surface area contributed by atoms with E-state index < -0.39 is 0 Å². The van der Waals surface area contributed by atoms with E-state index in [0.29, 0.717) is 6.42 Å².